The monoisotopic (exact) mass is 341 g/mol. The fourth-order valence-corrected chi connectivity index (χ4v) is 5.04. The molecule has 3 atom stereocenters. The van der Waals surface area contributed by atoms with Gasteiger partial charge in [0.05, 0.1) is 14.2 Å². The zero-order chi connectivity index (χ0) is 17.4. The van der Waals surface area contributed by atoms with Crippen molar-refractivity contribution >= 4 is 11.5 Å². The van der Waals surface area contributed by atoms with Crippen molar-refractivity contribution in [2.24, 2.45) is 17.8 Å². The molecule has 3 aliphatic rings. The van der Waals surface area contributed by atoms with Crippen LogP contribution in [0.25, 0.3) is 5.70 Å². The smallest absolute Gasteiger partial charge is 0.161 e. The number of hydrogen-bond donors (Lipinski definition) is 1. The average Bonchev–Trinajstić information content (AvgIpc) is 3.23. The van der Waals surface area contributed by atoms with E-state index in [1.54, 1.807) is 14.2 Å². The van der Waals surface area contributed by atoms with E-state index in [1.165, 1.54) is 31.2 Å². The Morgan fingerprint density at radius 1 is 1.20 bits per heavy atom. The van der Waals surface area contributed by atoms with Crippen molar-refractivity contribution in [3.05, 3.63) is 29.3 Å². The quantitative estimate of drug-likeness (QED) is 0.832. The highest BCUT2D eigenvalue weighted by molar-refractivity contribution is 5.97. The summed E-state index contributed by atoms with van der Waals surface area (Å²) < 4.78 is 10.8. The number of ether oxygens (including phenoxy) is 2. The van der Waals surface area contributed by atoms with E-state index in [1.807, 2.05) is 18.2 Å². The van der Waals surface area contributed by atoms with E-state index in [0.717, 1.165) is 41.8 Å². The molecule has 1 aliphatic heterocycles. The third-order valence-corrected chi connectivity index (χ3v) is 6.26. The predicted molar refractivity (Wildman–Crippen MR) is 97.8 cm³/mol. The van der Waals surface area contributed by atoms with Crippen LogP contribution in [0.3, 0.4) is 0 Å². The van der Waals surface area contributed by atoms with Crippen LogP contribution in [0.1, 0.15) is 43.2 Å². The Kier molecular flexibility index (Phi) is 4.45. The van der Waals surface area contributed by atoms with Gasteiger partial charge in [-0.3, -0.25) is 4.79 Å². The Labute approximate surface area is 149 Å². The lowest BCUT2D eigenvalue weighted by atomic mass is 9.85. The van der Waals surface area contributed by atoms with Gasteiger partial charge in [0.2, 0.25) is 0 Å². The van der Waals surface area contributed by atoms with E-state index < -0.39 is 0 Å². The molecule has 0 unspecified atom stereocenters. The number of carbonyl (C=O) groups excluding carboxylic acids is 1. The number of rotatable bonds is 5. The largest absolute Gasteiger partial charge is 0.493 e. The lowest BCUT2D eigenvalue weighted by molar-refractivity contribution is -0.115. The predicted octanol–water partition coefficient (Wildman–Crippen LogP) is 3.59. The maximum absolute atomic E-state index is 12.7. The van der Waals surface area contributed by atoms with Gasteiger partial charge in [-0.25, -0.2) is 0 Å². The molecule has 1 N–H and O–H groups in total. The van der Waals surface area contributed by atoms with E-state index in [2.05, 4.69) is 5.32 Å². The molecule has 1 aromatic carbocycles. The average molecular weight is 341 g/mol. The van der Waals surface area contributed by atoms with Crippen LogP contribution in [0.4, 0.5) is 0 Å². The first-order valence-electron chi connectivity index (χ1n) is 9.41. The summed E-state index contributed by atoms with van der Waals surface area (Å²) in [7, 11) is 3.30. The summed E-state index contributed by atoms with van der Waals surface area (Å²) >= 11 is 0. The number of carbonyl (C=O) groups is 1. The maximum atomic E-state index is 12.7. The zero-order valence-electron chi connectivity index (χ0n) is 15.1. The van der Waals surface area contributed by atoms with Gasteiger partial charge in [-0.15, -0.1) is 0 Å². The lowest BCUT2D eigenvalue weighted by Crippen LogP contribution is -2.24. The van der Waals surface area contributed by atoms with Crippen LogP contribution in [-0.2, 0) is 11.2 Å². The molecular weight excluding hydrogens is 314 g/mol. The van der Waals surface area contributed by atoms with Gasteiger partial charge >= 0.3 is 0 Å². The normalized spacial score (nSPS) is 28.6. The minimum Gasteiger partial charge on any atom is -0.493 e. The molecule has 4 nitrogen and oxygen atoms in total. The van der Waals surface area contributed by atoms with Crippen LogP contribution < -0.4 is 14.8 Å². The zero-order valence-corrected chi connectivity index (χ0v) is 15.1. The molecule has 2 saturated carbocycles. The molecule has 4 heteroatoms. The van der Waals surface area contributed by atoms with E-state index in [0.29, 0.717) is 18.1 Å². The fourth-order valence-electron chi connectivity index (χ4n) is 5.04. The molecule has 0 radical (unpaired) electrons. The second kappa shape index (κ2) is 6.74. The van der Waals surface area contributed by atoms with Gasteiger partial charge in [-0.2, -0.15) is 0 Å². The topological polar surface area (TPSA) is 47.6 Å². The molecule has 2 fully saturated rings. The van der Waals surface area contributed by atoms with E-state index in [9.17, 15) is 4.79 Å². The Bertz CT molecular complexity index is 709. The molecule has 2 aliphatic carbocycles. The summed E-state index contributed by atoms with van der Waals surface area (Å²) in [6.07, 6.45) is 8.77. The standard InChI is InChI=1S/C21H27NO3/c1-24-20-10-15-5-6-22-19(18(15)12-21(20)25-2)11-17(23)9-16-8-13-3-4-14(16)7-13/h10-14,16,22H,3-9H2,1-2H3/b19-11-/t13-,14-,16-/m0/s1. The second-order valence-corrected chi connectivity index (χ2v) is 7.70. The van der Waals surface area contributed by atoms with Crippen molar-refractivity contribution in [3.63, 3.8) is 0 Å². The summed E-state index contributed by atoms with van der Waals surface area (Å²) in [6, 6.07) is 4.01. The molecule has 134 valence electrons. The van der Waals surface area contributed by atoms with Crippen molar-refractivity contribution in [1.29, 1.82) is 0 Å². The van der Waals surface area contributed by atoms with Gasteiger partial charge in [-0.1, -0.05) is 6.42 Å². The van der Waals surface area contributed by atoms with Gasteiger partial charge < -0.3 is 14.8 Å². The van der Waals surface area contributed by atoms with Gasteiger partial charge in [0, 0.05) is 30.3 Å². The van der Waals surface area contributed by atoms with Gasteiger partial charge in [-0.05, 0) is 61.1 Å². The van der Waals surface area contributed by atoms with Crippen molar-refractivity contribution in [3.8, 4) is 11.5 Å². The minimum atomic E-state index is 0.252. The number of fused-ring (bicyclic) bond motifs is 3. The van der Waals surface area contributed by atoms with Crippen LogP contribution in [0, 0.1) is 17.8 Å². The molecule has 1 aromatic rings. The molecule has 0 spiro atoms. The van der Waals surface area contributed by atoms with Crippen LogP contribution in [-0.4, -0.2) is 26.5 Å². The first kappa shape index (κ1) is 16.5. The van der Waals surface area contributed by atoms with Crippen LogP contribution in [0.2, 0.25) is 0 Å². The first-order chi connectivity index (χ1) is 12.2. The van der Waals surface area contributed by atoms with Crippen molar-refractivity contribution in [1.82, 2.24) is 5.32 Å². The van der Waals surface area contributed by atoms with Gasteiger partial charge in [0.15, 0.2) is 17.3 Å². The van der Waals surface area contributed by atoms with E-state index in [-0.39, 0.29) is 5.78 Å². The third-order valence-electron chi connectivity index (χ3n) is 6.26. The van der Waals surface area contributed by atoms with E-state index in [4.69, 9.17) is 9.47 Å². The number of allylic oxidation sites excluding steroid dienone is 1. The van der Waals surface area contributed by atoms with Crippen LogP contribution >= 0.6 is 0 Å². The van der Waals surface area contributed by atoms with E-state index >= 15 is 0 Å². The summed E-state index contributed by atoms with van der Waals surface area (Å²) in [5.41, 5.74) is 3.19. The van der Waals surface area contributed by atoms with Crippen molar-refractivity contribution < 1.29 is 14.3 Å². The Hall–Kier alpha value is -1.97. The molecule has 0 aromatic heterocycles. The highest BCUT2D eigenvalue weighted by Crippen LogP contribution is 2.49. The molecule has 0 saturated heterocycles. The van der Waals surface area contributed by atoms with Crippen LogP contribution in [0.5, 0.6) is 11.5 Å². The Morgan fingerprint density at radius 2 is 2.00 bits per heavy atom. The molecule has 2 bridgehead atoms. The third kappa shape index (κ3) is 3.14. The maximum Gasteiger partial charge on any atom is 0.161 e. The summed E-state index contributed by atoms with van der Waals surface area (Å²) in [6.45, 7) is 0.843. The number of hydrogen-bond acceptors (Lipinski definition) is 4. The first-order valence-corrected chi connectivity index (χ1v) is 9.41. The van der Waals surface area contributed by atoms with Crippen molar-refractivity contribution in [2.75, 3.05) is 20.8 Å². The molecule has 25 heavy (non-hydrogen) atoms. The summed E-state index contributed by atoms with van der Waals surface area (Å²) in [5, 5.41) is 3.40. The lowest BCUT2D eigenvalue weighted by Gasteiger charge is -2.24. The summed E-state index contributed by atoms with van der Waals surface area (Å²) in [4.78, 5) is 12.7. The van der Waals surface area contributed by atoms with Gasteiger partial charge in [0.1, 0.15) is 0 Å². The van der Waals surface area contributed by atoms with Crippen molar-refractivity contribution in [2.45, 2.75) is 38.5 Å². The SMILES string of the molecule is COc1cc2c(cc1OC)/C(=C/C(=O)C[C@@H]1C[C@H]3CC[C@H]1C3)NCC2. The number of nitrogens with one attached hydrogen (secondary N) is 1. The molecule has 1 heterocycles. The fraction of sp³-hybridized carbons (Fsp3) is 0.571. The Balaban J connectivity index is 1.55. The summed E-state index contributed by atoms with van der Waals surface area (Å²) in [5.74, 6) is 4.00. The second-order valence-electron chi connectivity index (χ2n) is 7.70. The Morgan fingerprint density at radius 3 is 2.68 bits per heavy atom. The number of benzene rings is 1. The minimum absolute atomic E-state index is 0.252. The number of methoxy groups -OCH3 is 2. The molecule has 0 amide bonds. The van der Waals surface area contributed by atoms with Gasteiger partial charge in [0.25, 0.3) is 0 Å². The molecular formula is C21H27NO3. The molecule has 4 rings (SSSR count). The van der Waals surface area contributed by atoms with Crippen LogP contribution in [0.15, 0.2) is 18.2 Å². The number of ketones is 1. The highest BCUT2D eigenvalue weighted by atomic mass is 16.5. The highest BCUT2D eigenvalue weighted by Gasteiger charge is 2.39.